The van der Waals surface area contributed by atoms with Gasteiger partial charge >= 0.3 is 0 Å². The van der Waals surface area contributed by atoms with Gasteiger partial charge in [0.15, 0.2) is 3.95 Å². The lowest BCUT2D eigenvalue weighted by Gasteiger charge is -2.22. The van der Waals surface area contributed by atoms with Gasteiger partial charge in [-0.1, -0.05) is 13.8 Å². The number of carbonyl (C=O) groups is 2. The summed E-state index contributed by atoms with van der Waals surface area (Å²) in [6.07, 6.45) is 0.194. The van der Waals surface area contributed by atoms with Gasteiger partial charge in [0.1, 0.15) is 10.7 Å². The minimum Gasteiger partial charge on any atom is -0.548 e. The second-order valence-electron chi connectivity index (χ2n) is 6.31. The lowest BCUT2D eigenvalue weighted by molar-refractivity contribution is -0.311. The number of halogens is 1. The van der Waals surface area contributed by atoms with E-state index in [1.54, 1.807) is 0 Å². The van der Waals surface area contributed by atoms with E-state index in [1.807, 2.05) is 13.8 Å². The highest BCUT2D eigenvalue weighted by Gasteiger charge is 2.28. The highest BCUT2D eigenvalue weighted by molar-refractivity contribution is 7.73. The first-order valence-corrected chi connectivity index (χ1v) is 9.01. The molecule has 1 aliphatic heterocycles. The van der Waals surface area contributed by atoms with Gasteiger partial charge in [-0.3, -0.25) is 9.36 Å². The van der Waals surface area contributed by atoms with Crippen LogP contribution in [0.2, 0.25) is 0 Å². The Labute approximate surface area is 156 Å². The van der Waals surface area contributed by atoms with E-state index in [-0.39, 0.29) is 37.3 Å². The molecule has 1 N–H and O–H groups in total. The van der Waals surface area contributed by atoms with Crippen molar-refractivity contribution in [3.05, 3.63) is 43.4 Å². The summed E-state index contributed by atoms with van der Waals surface area (Å²) in [6.45, 7) is 3.66. The van der Waals surface area contributed by atoms with Gasteiger partial charge in [0.25, 0.3) is 5.91 Å². The van der Waals surface area contributed by atoms with E-state index in [0.717, 1.165) is 22.0 Å². The standard InChI is InChI=1S/C17H15FN2O4S2/c1-7(2)5-11(16(23)24)20-15(22)13(26-17(20)25)12-9-6-8(18)3-4-10(9)19-14(12)21/h3-4,6-7,11,22H,5H2,1-2H3,(H,23,24)/p-1/t11-/m1/s1. The van der Waals surface area contributed by atoms with Crippen LogP contribution in [0.15, 0.2) is 23.2 Å². The number of hydrogen-bond acceptors (Lipinski definition) is 6. The molecule has 136 valence electrons. The van der Waals surface area contributed by atoms with Crippen molar-refractivity contribution in [2.24, 2.45) is 10.9 Å². The maximum Gasteiger partial charge on any atom is 0.279 e. The molecule has 9 heteroatoms. The summed E-state index contributed by atoms with van der Waals surface area (Å²) in [5, 5.41) is 22.7. The molecule has 1 aliphatic rings. The quantitative estimate of drug-likeness (QED) is 0.759. The molecule has 1 aromatic heterocycles. The third-order valence-electron chi connectivity index (χ3n) is 3.99. The first kappa shape index (κ1) is 18.4. The average Bonchev–Trinajstić information content (AvgIpc) is 3.00. The summed E-state index contributed by atoms with van der Waals surface area (Å²) in [5.41, 5.74) is 0.00787. The Morgan fingerprint density at radius 3 is 2.77 bits per heavy atom. The predicted molar refractivity (Wildman–Crippen MR) is 93.0 cm³/mol. The summed E-state index contributed by atoms with van der Waals surface area (Å²) in [4.78, 5) is 27.8. The van der Waals surface area contributed by atoms with Crippen LogP contribution in [-0.2, 0) is 9.59 Å². The molecule has 0 saturated carbocycles. The van der Waals surface area contributed by atoms with Gasteiger partial charge in [-0.05, 0) is 42.8 Å². The molecule has 0 spiro atoms. The van der Waals surface area contributed by atoms with Crippen molar-refractivity contribution in [3.63, 3.8) is 0 Å². The van der Waals surface area contributed by atoms with Gasteiger partial charge in [-0.2, -0.15) is 0 Å². The Balaban J connectivity index is 2.26. The molecule has 2 heterocycles. The number of benzene rings is 1. The van der Waals surface area contributed by atoms with Crippen LogP contribution in [0.25, 0.3) is 5.57 Å². The Morgan fingerprint density at radius 1 is 1.46 bits per heavy atom. The van der Waals surface area contributed by atoms with E-state index in [9.17, 15) is 24.2 Å². The topological polar surface area (TPSA) is 94.7 Å². The first-order valence-electron chi connectivity index (χ1n) is 7.79. The molecule has 2 aromatic rings. The molecule has 1 aromatic carbocycles. The SMILES string of the molecule is CC(C)C[C@H](C(=O)[O-])n1c(O)c(C2=c3cc(F)ccc3=NC2=O)sc1=S. The second kappa shape index (κ2) is 6.73. The molecule has 1 amide bonds. The number of carboxylic acid groups (broad SMARTS) is 1. The van der Waals surface area contributed by atoms with E-state index in [0.29, 0.717) is 0 Å². The fourth-order valence-electron chi connectivity index (χ4n) is 2.88. The summed E-state index contributed by atoms with van der Waals surface area (Å²) < 4.78 is 14.8. The van der Waals surface area contributed by atoms with Gasteiger partial charge in [-0.15, -0.1) is 11.3 Å². The summed E-state index contributed by atoms with van der Waals surface area (Å²) >= 11 is 6.09. The molecular weight excluding hydrogens is 379 g/mol. The number of amides is 1. The smallest absolute Gasteiger partial charge is 0.279 e. The van der Waals surface area contributed by atoms with E-state index in [1.165, 1.54) is 12.1 Å². The number of thiazole rings is 1. The first-order chi connectivity index (χ1) is 12.2. The third-order valence-corrected chi connectivity index (χ3v) is 5.40. The molecule has 6 nitrogen and oxygen atoms in total. The molecular formula is C17H14FN2O4S2-. The van der Waals surface area contributed by atoms with Crippen LogP contribution in [0.4, 0.5) is 4.39 Å². The van der Waals surface area contributed by atoms with Crippen molar-refractivity contribution < 1.29 is 24.2 Å². The molecule has 0 unspecified atom stereocenters. The summed E-state index contributed by atoms with van der Waals surface area (Å²) in [5.74, 6) is -3.02. The number of aliphatic carboxylic acids is 1. The zero-order chi connectivity index (χ0) is 19.2. The highest BCUT2D eigenvalue weighted by atomic mass is 32.1. The number of aromatic hydroxyl groups is 1. The number of hydrogen-bond donors (Lipinski definition) is 1. The van der Waals surface area contributed by atoms with Crippen molar-refractivity contribution in [1.29, 1.82) is 0 Å². The number of rotatable bonds is 5. The molecule has 0 bridgehead atoms. The highest BCUT2D eigenvalue weighted by Crippen LogP contribution is 2.36. The van der Waals surface area contributed by atoms with Crippen LogP contribution in [-0.4, -0.2) is 21.6 Å². The maximum atomic E-state index is 13.6. The van der Waals surface area contributed by atoms with Crippen LogP contribution in [0, 0.1) is 15.7 Å². The van der Waals surface area contributed by atoms with Crippen LogP contribution in [0.5, 0.6) is 5.88 Å². The van der Waals surface area contributed by atoms with Crippen molar-refractivity contribution in [2.75, 3.05) is 0 Å². The van der Waals surface area contributed by atoms with Gasteiger partial charge in [0.05, 0.1) is 22.9 Å². The van der Waals surface area contributed by atoms with Crippen LogP contribution in [0.1, 0.15) is 31.2 Å². The molecule has 0 aliphatic carbocycles. The number of fused-ring (bicyclic) bond motifs is 1. The van der Waals surface area contributed by atoms with E-state index < -0.39 is 29.6 Å². The summed E-state index contributed by atoms with van der Waals surface area (Å²) in [6, 6.07) is 2.52. The van der Waals surface area contributed by atoms with Crippen molar-refractivity contribution >= 4 is 41.0 Å². The Bertz CT molecular complexity index is 1100. The van der Waals surface area contributed by atoms with Gasteiger partial charge in [0, 0.05) is 5.22 Å². The molecule has 26 heavy (non-hydrogen) atoms. The zero-order valence-corrected chi connectivity index (χ0v) is 15.5. The number of carboxylic acids is 1. The van der Waals surface area contributed by atoms with Gasteiger partial charge in [-0.25, -0.2) is 9.38 Å². The maximum absolute atomic E-state index is 13.6. The Kier molecular flexibility index (Phi) is 4.76. The minimum absolute atomic E-state index is 0.00753. The monoisotopic (exact) mass is 393 g/mol. The van der Waals surface area contributed by atoms with Crippen LogP contribution in [0.3, 0.4) is 0 Å². The molecule has 0 saturated heterocycles. The largest absolute Gasteiger partial charge is 0.548 e. The Hall–Kier alpha value is -2.39. The van der Waals surface area contributed by atoms with Gasteiger partial charge < -0.3 is 15.0 Å². The number of carbonyl (C=O) groups excluding carboxylic acids is 2. The molecule has 1 atom stereocenters. The van der Waals surface area contributed by atoms with Crippen molar-refractivity contribution in [2.45, 2.75) is 26.3 Å². The molecule has 3 rings (SSSR count). The minimum atomic E-state index is -1.38. The third kappa shape index (κ3) is 3.08. The van der Waals surface area contributed by atoms with Crippen molar-refractivity contribution in [3.8, 4) is 5.88 Å². The number of nitrogens with zero attached hydrogens (tertiary/aromatic N) is 2. The van der Waals surface area contributed by atoms with Crippen LogP contribution < -0.4 is 15.7 Å². The van der Waals surface area contributed by atoms with E-state index in [2.05, 4.69) is 4.99 Å². The normalized spacial score (nSPS) is 14.5. The average molecular weight is 393 g/mol. The lowest BCUT2D eigenvalue weighted by Crippen LogP contribution is -2.34. The second-order valence-corrected chi connectivity index (χ2v) is 7.95. The van der Waals surface area contributed by atoms with Crippen molar-refractivity contribution in [1.82, 2.24) is 4.57 Å². The molecule has 0 fully saturated rings. The van der Waals surface area contributed by atoms with E-state index >= 15 is 0 Å². The number of aromatic nitrogens is 1. The fraction of sp³-hybridized carbons (Fsp3) is 0.294. The zero-order valence-electron chi connectivity index (χ0n) is 13.9. The molecule has 0 radical (unpaired) electrons. The summed E-state index contributed by atoms with van der Waals surface area (Å²) in [7, 11) is 0. The van der Waals surface area contributed by atoms with E-state index in [4.69, 9.17) is 12.2 Å². The van der Waals surface area contributed by atoms with Gasteiger partial charge in [0.2, 0.25) is 5.88 Å². The predicted octanol–water partition coefficient (Wildman–Crippen LogP) is 0.820. The lowest BCUT2D eigenvalue weighted by atomic mass is 10.0. The fourth-order valence-corrected chi connectivity index (χ4v) is 4.31. The van der Waals surface area contributed by atoms with Crippen LogP contribution >= 0.6 is 23.6 Å². The Morgan fingerprint density at radius 2 is 2.15 bits per heavy atom.